The van der Waals surface area contributed by atoms with Crippen molar-refractivity contribution in [3.8, 4) is 0 Å². The number of nitrogens with zero attached hydrogens (tertiary/aromatic N) is 2. The topological polar surface area (TPSA) is 105 Å². The second-order valence-electron chi connectivity index (χ2n) is 5.90. The zero-order chi connectivity index (χ0) is 19.8. The molecule has 0 radical (unpaired) electrons. The van der Waals surface area contributed by atoms with Gasteiger partial charge in [0.15, 0.2) is 10.8 Å². The number of nitrogen functional groups attached to an aromatic ring is 1. The van der Waals surface area contributed by atoms with Crippen LogP contribution in [0.25, 0.3) is 0 Å². The van der Waals surface area contributed by atoms with Gasteiger partial charge in [-0.05, 0) is 31.1 Å². The number of hydrogen-bond donors (Lipinski definition) is 3. The third kappa shape index (κ3) is 5.18. The van der Waals surface area contributed by atoms with Crippen molar-refractivity contribution >= 4 is 28.8 Å². The fourth-order valence-electron chi connectivity index (χ4n) is 2.69. The van der Waals surface area contributed by atoms with Crippen molar-refractivity contribution in [2.45, 2.75) is 19.9 Å². The van der Waals surface area contributed by atoms with E-state index in [1.54, 1.807) is 12.0 Å². The number of aromatic amines is 1. The van der Waals surface area contributed by atoms with Crippen LogP contribution in [0.4, 0.5) is 11.5 Å². The van der Waals surface area contributed by atoms with Crippen LogP contribution in [0.2, 0.25) is 0 Å². The molecule has 27 heavy (non-hydrogen) atoms. The van der Waals surface area contributed by atoms with E-state index in [-0.39, 0.29) is 18.1 Å². The van der Waals surface area contributed by atoms with Crippen LogP contribution >= 0.6 is 12.2 Å². The third-order valence-corrected chi connectivity index (χ3v) is 4.34. The molecule has 8 nitrogen and oxygen atoms in total. The summed E-state index contributed by atoms with van der Waals surface area (Å²) in [5.74, 6) is 0.0743. The Balaban J connectivity index is 2.48. The monoisotopic (exact) mass is 391 g/mol. The van der Waals surface area contributed by atoms with Crippen LogP contribution in [-0.4, -0.2) is 41.5 Å². The van der Waals surface area contributed by atoms with Gasteiger partial charge in [0.05, 0.1) is 6.54 Å². The minimum Gasteiger partial charge on any atom is -0.385 e. The summed E-state index contributed by atoms with van der Waals surface area (Å²) in [6.07, 6.45) is 0.638. The highest BCUT2D eigenvalue weighted by atomic mass is 32.1. The molecule has 4 N–H and O–H groups in total. The maximum Gasteiger partial charge on any atom is 0.330 e. The van der Waals surface area contributed by atoms with Crippen LogP contribution in [0, 0.1) is 0 Å². The minimum atomic E-state index is -0.570. The van der Waals surface area contributed by atoms with Crippen molar-refractivity contribution in [1.82, 2.24) is 14.9 Å². The first-order valence-electron chi connectivity index (χ1n) is 8.70. The van der Waals surface area contributed by atoms with E-state index >= 15 is 0 Å². The van der Waals surface area contributed by atoms with Gasteiger partial charge in [0.1, 0.15) is 5.82 Å². The van der Waals surface area contributed by atoms with E-state index in [0.29, 0.717) is 31.2 Å². The second kappa shape index (κ2) is 9.89. The summed E-state index contributed by atoms with van der Waals surface area (Å²) < 4.78 is 6.42. The molecule has 0 aliphatic heterocycles. The molecule has 2 rings (SSSR count). The molecule has 1 heterocycles. The lowest BCUT2D eigenvalue weighted by molar-refractivity contribution is 0.197. The van der Waals surface area contributed by atoms with Crippen LogP contribution in [0.15, 0.2) is 39.9 Å². The molecule has 0 spiro atoms. The first kappa shape index (κ1) is 20.7. The maximum absolute atomic E-state index is 12.5. The number of thiocarbonyl (C=S) groups is 1. The number of anilines is 2. The van der Waals surface area contributed by atoms with Gasteiger partial charge >= 0.3 is 5.69 Å². The summed E-state index contributed by atoms with van der Waals surface area (Å²) in [5, 5.41) is 3.40. The van der Waals surface area contributed by atoms with Gasteiger partial charge in [0, 0.05) is 26.8 Å². The highest BCUT2D eigenvalue weighted by molar-refractivity contribution is 7.80. The van der Waals surface area contributed by atoms with Crippen molar-refractivity contribution in [2.24, 2.45) is 0 Å². The molecular weight excluding hydrogens is 366 g/mol. The zero-order valence-electron chi connectivity index (χ0n) is 15.5. The summed E-state index contributed by atoms with van der Waals surface area (Å²) >= 11 is 5.41. The fourth-order valence-corrected chi connectivity index (χ4v) is 3.02. The van der Waals surface area contributed by atoms with E-state index in [1.807, 2.05) is 37.3 Å². The van der Waals surface area contributed by atoms with E-state index in [0.717, 1.165) is 5.56 Å². The average molecular weight is 391 g/mol. The Morgan fingerprint density at radius 3 is 2.67 bits per heavy atom. The minimum absolute atomic E-state index is 0.0743. The molecular formula is C18H25N5O3S. The lowest BCUT2D eigenvalue weighted by Gasteiger charge is -2.26. The molecule has 1 aromatic heterocycles. The van der Waals surface area contributed by atoms with E-state index in [9.17, 15) is 9.59 Å². The first-order chi connectivity index (χ1) is 13.0. The normalized spacial score (nSPS) is 10.6. The summed E-state index contributed by atoms with van der Waals surface area (Å²) in [5.41, 5.74) is 6.18. The first-order valence-corrected chi connectivity index (χ1v) is 9.11. The number of nitrogens with two attached hydrogens (primary N) is 1. The van der Waals surface area contributed by atoms with Crippen LogP contribution in [0.3, 0.4) is 0 Å². The van der Waals surface area contributed by atoms with E-state index in [4.69, 9.17) is 22.7 Å². The standard InChI is InChI=1S/C18H25N5O3S/c1-3-20-18(27)22(10-7-11-26-2)14-15(19)23(17(25)21-16(14)24)12-13-8-5-4-6-9-13/h4-6,8-9H,3,7,10-12,19H2,1-2H3,(H,20,27)(H,21,24,25). The van der Waals surface area contributed by atoms with Gasteiger partial charge in [-0.25, -0.2) is 4.79 Å². The average Bonchev–Trinajstić information content (AvgIpc) is 2.65. The molecule has 0 unspecified atom stereocenters. The smallest absolute Gasteiger partial charge is 0.330 e. The quantitative estimate of drug-likeness (QED) is 0.454. The number of hydrogen-bond acceptors (Lipinski definition) is 5. The van der Waals surface area contributed by atoms with Crippen LogP contribution in [0.1, 0.15) is 18.9 Å². The van der Waals surface area contributed by atoms with Crippen LogP contribution in [-0.2, 0) is 11.3 Å². The summed E-state index contributed by atoms with van der Waals surface area (Å²) in [6, 6.07) is 9.41. The highest BCUT2D eigenvalue weighted by Gasteiger charge is 2.21. The van der Waals surface area contributed by atoms with Gasteiger partial charge in [-0.3, -0.25) is 14.3 Å². The largest absolute Gasteiger partial charge is 0.385 e. The Labute approximate surface area is 163 Å². The van der Waals surface area contributed by atoms with Gasteiger partial charge in [0.2, 0.25) is 0 Å². The molecule has 9 heteroatoms. The summed E-state index contributed by atoms with van der Waals surface area (Å²) in [7, 11) is 1.61. The maximum atomic E-state index is 12.5. The van der Waals surface area contributed by atoms with Gasteiger partial charge in [-0.15, -0.1) is 0 Å². The van der Waals surface area contributed by atoms with Crippen molar-refractivity contribution in [3.05, 3.63) is 56.7 Å². The number of nitrogens with one attached hydrogen (secondary N) is 2. The van der Waals surface area contributed by atoms with Crippen molar-refractivity contribution in [3.63, 3.8) is 0 Å². The zero-order valence-corrected chi connectivity index (χ0v) is 16.3. The van der Waals surface area contributed by atoms with E-state index < -0.39 is 11.2 Å². The Hall–Kier alpha value is -2.65. The molecule has 0 fully saturated rings. The van der Waals surface area contributed by atoms with Gasteiger partial charge in [0.25, 0.3) is 5.56 Å². The van der Waals surface area contributed by atoms with Crippen LogP contribution < -0.4 is 27.2 Å². The third-order valence-electron chi connectivity index (χ3n) is 3.97. The molecule has 0 aliphatic carbocycles. The molecule has 146 valence electrons. The molecule has 0 saturated heterocycles. The number of methoxy groups -OCH3 is 1. The van der Waals surface area contributed by atoms with Gasteiger partial charge in [-0.2, -0.15) is 0 Å². The van der Waals surface area contributed by atoms with Crippen molar-refractivity contribution < 1.29 is 4.74 Å². The predicted octanol–water partition coefficient (Wildman–Crippen LogP) is 0.904. The molecule has 0 aliphatic rings. The molecule has 2 aromatic rings. The Kier molecular flexibility index (Phi) is 7.56. The lowest BCUT2D eigenvalue weighted by atomic mass is 10.2. The Morgan fingerprint density at radius 2 is 2.04 bits per heavy atom. The number of benzene rings is 1. The van der Waals surface area contributed by atoms with Crippen molar-refractivity contribution in [1.29, 1.82) is 0 Å². The lowest BCUT2D eigenvalue weighted by Crippen LogP contribution is -2.46. The molecule has 0 atom stereocenters. The molecule has 0 bridgehead atoms. The SMILES string of the molecule is CCNC(=S)N(CCCOC)c1c(N)n(Cc2ccccc2)c(=O)[nH]c1=O. The highest BCUT2D eigenvalue weighted by Crippen LogP contribution is 2.18. The molecule has 0 amide bonds. The van der Waals surface area contributed by atoms with Gasteiger partial charge < -0.3 is 20.7 Å². The van der Waals surface area contributed by atoms with Crippen molar-refractivity contribution in [2.75, 3.05) is 37.4 Å². The Bertz CT molecular complexity index is 879. The second-order valence-corrected chi connectivity index (χ2v) is 6.29. The predicted molar refractivity (Wildman–Crippen MR) is 111 cm³/mol. The van der Waals surface area contributed by atoms with Crippen LogP contribution in [0.5, 0.6) is 0 Å². The van der Waals surface area contributed by atoms with E-state index in [2.05, 4.69) is 10.3 Å². The Morgan fingerprint density at radius 1 is 1.33 bits per heavy atom. The van der Waals surface area contributed by atoms with E-state index in [1.165, 1.54) is 4.57 Å². The van der Waals surface area contributed by atoms with Gasteiger partial charge in [-0.1, -0.05) is 30.3 Å². The molecule has 1 aromatic carbocycles. The fraction of sp³-hybridized carbons (Fsp3) is 0.389. The number of H-pyrrole nitrogens is 1. The number of ether oxygens (including phenoxy) is 1. The summed E-state index contributed by atoms with van der Waals surface area (Å²) in [4.78, 5) is 28.8. The number of rotatable bonds is 8. The number of aromatic nitrogens is 2. The summed E-state index contributed by atoms with van der Waals surface area (Å²) in [6.45, 7) is 3.68. The molecule has 0 saturated carbocycles.